The van der Waals surface area contributed by atoms with Crippen molar-refractivity contribution in [1.82, 2.24) is 5.32 Å². The Kier molecular flexibility index (Phi) is 14.8. The van der Waals surface area contributed by atoms with E-state index in [9.17, 15) is 9.59 Å². The van der Waals surface area contributed by atoms with Crippen molar-refractivity contribution in [1.29, 1.82) is 0 Å². The van der Waals surface area contributed by atoms with E-state index < -0.39 is 5.97 Å². The van der Waals surface area contributed by atoms with Crippen molar-refractivity contribution in [2.75, 3.05) is 6.61 Å². The number of rotatable bonds is 18. The van der Waals surface area contributed by atoms with Crippen LogP contribution in [0.25, 0.3) is 0 Å². The number of carboxylic acid groups (broad SMARTS) is 1. The van der Waals surface area contributed by atoms with Crippen molar-refractivity contribution < 1.29 is 19.8 Å². The van der Waals surface area contributed by atoms with Crippen LogP contribution < -0.4 is 5.32 Å². The number of hydrogen-bond donors (Lipinski definition) is 3. The van der Waals surface area contributed by atoms with E-state index >= 15 is 0 Å². The Morgan fingerprint density at radius 2 is 1.34 bits per heavy atom. The lowest BCUT2D eigenvalue weighted by Crippen LogP contribution is -2.35. The van der Waals surface area contributed by atoms with E-state index in [1.807, 2.05) is 30.3 Å². The summed E-state index contributed by atoms with van der Waals surface area (Å²) in [6, 6.07) is 10.0. The van der Waals surface area contributed by atoms with Crippen LogP contribution in [0.5, 0.6) is 0 Å². The first-order valence-electron chi connectivity index (χ1n) is 11.3. The van der Waals surface area contributed by atoms with Gasteiger partial charge in [0.05, 0.1) is 6.42 Å². The molecule has 164 valence electrons. The first-order valence-corrected chi connectivity index (χ1v) is 11.3. The van der Waals surface area contributed by atoms with Crippen LogP contribution in [0.4, 0.5) is 0 Å². The summed E-state index contributed by atoms with van der Waals surface area (Å²) in [5, 5.41) is 20.8. The molecule has 1 amide bonds. The van der Waals surface area contributed by atoms with Crippen LogP contribution in [0.15, 0.2) is 30.3 Å². The van der Waals surface area contributed by atoms with Crippen molar-refractivity contribution in [3.8, 4) is 0 Å². The Labute approximate surface area is 175 Å². The molecular formula is C24H39NO4. The van der Waals surface area contributed by atoms with Crippen molar-refractivity contribution >= 4 is 11.9 Å². The highest BCUT2D eigenvalue weighted by atomic mass is 16.4. The van der Waals surface area contributed by atoms with Crippen LogP contribution in [-0.2, 0) is 16.0 Å². The second-order valence-corrected chi connectivity index (χ2v) is 7.91. The molecule has 0 aromatic heterocycles. The molecule has 0 radical (unpaired) electrons. The van der Waals surface area contributed by atoms with E-state index in [-0.39, 0.29) is 25.0 Å². The van der Waals surface area contributed by atoms with Gasteiger partial charge in [0, 0.05) is 19.1 Å². The summed E-state index contributed by atoms with van der Waals surface area (Å²) in [4.78, 5) is 23.0. The van der Waals surface area contributed by atoms with E-state index in [2.05, 4.69) is 5.32 Å². The van der Waals surface area contributed by atoms with Crippen molar-refractivity contribution in [3.05, 3.63) is 35.9 Å². The molecule has 0 aliphatic heterocycles. The maximum Gasteiger partial charge on any atom is 0.303 e. The maximum atomic E-state index is 12.4. The monoisotopic (exact) mass is 405 g/mol. The van der Waals surface area contributed by atoms with Crippen molar-refractivity contribution in [3.63, 3.8) is 0 Å². The van der Waals surface area contributed by atoms with Gasteiger partial charge in [-0.25, -0.2) is 0 Å². The SMILES string of the molecule is O=C(O)CCCCCCCC(CCCCCCCO)NC(=O)Cc1ccccc1. The lowest BCUT2D eigenvalue weighted by atomic mass is 9.99. The highest BCUT2D eigenvalue weighted by Gasteiger charge is 2.12. The lowest BCUT2D eigenvalue weighted by Gasteiger charge is -2.19. The number of carbonyl (C=O) groups is 2. The Bertz CT molecular complexity index is 547. The maximum absolute atomic E-state index is 12.4. The van der Waals surface area contributed by atoms with Crippen molar-refractivity contribution in [2.24, 2.45) is 0 Å². The largest absolute Gasteiger partial charge is 0.481 e. The molecule has 0 saturated heterocycles. The topological polar surface area (TPSA) is 86.6 Å². The summed E-state index contributed by atoms with van der Waals surface area (Å²) in [5.74, 6) is -0.631. The average molecular weight is 406 g/mol. The number of aliphatic carboxylic acids is 1. The Morgan fingerprint density at radius 1 is 0.793 bits per heavy atom. The quantitative estimate of drug-likeness (QED) is 0.304. The van der Waals surface area contributed by atoms with Gasteiger partial charge in [0.2, 0.25) is 5.91 Å². The zero-order chi connectivity index (χ0) is 21.2. The zero-order valence-electron chi connectivity index (χ0n) is 17.8. The van der Waals surface area contributed by atoms with Gasteiger partial charge < -0.3 is 15.5 Å². The fourth-order valence-electron chi connectivity index (χ4n) is 3.58. The molecule has 5 nitrogen and oxygen atoms in total. The molecular weight excluding hydrogens is 366 g/mol. The number of nitrogens with one attached hydrogen (secondary N) is 1. The molecule has 0 bridgehead atoms. The van der Waals surface area contributed by atoms with Gasteiger partial charge in [0.25, 0.3) is 0 Å². The third-order valence-corrected chi connectivity index (χ3v) is 5.23. The lowest BCUT2D eigenvalue weighted by molar-refractivity contribution is -0.137. The first kappa shape index (κ1) is 25.2. The van der Waals surface area contributed by atoms with Crippen LogP contribution in [0, 0.1) is 0 Å². The molecule has 0 saturated carbocycles. The van der Waals surface area contributed by atoms with Gasteiger partial charge in [-0.1, -0.05) is 81.7 Å². The number of aliphatic hydroxyl groups is 1. The fraction of sp³-hybridized carbons (Fsp3) is 0.667. The predicted octanol–water partition coefficient (Wildman–Crippen LogP) is 4.86. The van der Waals surface area contributed by atoms with Crippen LogP contribution in [0.3, 0.4) is 0 Å². The number of hydrogen-bond acceptors (Lipinski definition) is 3. The van der Waals surface area contributed by atoms with Crippen LogP contribution in [-0.4, -0.2) is 34.7 Å². The molecule has 5 heteroatoms. The first-order chi connectivity index (χ1) is 14.1. The van der Waals surface area contributed by atoms with Crippen LogP contribution in [0.1, 0.15) is 89.0 Å². The number of unbranched alkanes of at least 4 members (excludes halogenated alkanes) is 8. The van der Waals surface area contributed by atoms with Crippen LogP contribution >= 0.6 is 0 Å². The third-order valence-electron chi connectivity index (χ3n) is 5.23. The molecule has 0 fully saturated rings. The van der Waals surface area contributed by atoms with E-state index in [1.165, 1.54) is 0 Å². The van der Waals surface area contributed by atoms with Gasteiger partial charge in [-0.15, -0.1) is 0 Å². The predicted molar refractivity (Wildman–Crippen MR) is 117 cm³/mol. The second kappa shape index (κ2) is 17.0. The van der Waals surface area contributed by atoms with Crippen molar-refractivity contribution in [2.45, 2.75) is 95.9 Å². The smallest absolute Gasteiger partial charge is 0.303 e. The van der Waals surface area contributed by atoms with E-state index in [4.69, 9.17) is 10.2 Å². The van der Waals surface area contributed by atoms with Gasteiger partial charge in [0.1, 0.15) is 0 Å². The molecule has 1 aromatic carbocycles. The molecule has 0 spiro atoms. The number of carboxylic acids is 1. The minimum atomic E-state index is -0.717. The molecule has 0 aliphatic carbocycles. The van der Waals surface area contributed by atoms with Crippen LogP contribution in [0.2, 0.25) is 0 Å². The van der Waals surface area contributed by atoms with E-state index in [1.54, 1.807) is 0 Å². The summed E-state index contributed by atoms with van der Waals surface area (Å²) in [6.45, 7) is 0.268. The molecule has 0 heterocycles. The normalized spacial score (nSPS) is 11.9. The standard InChI is InChI=1S/C24H39NO4/c26-19-13-6-2-4-11-17-22(16-10-3-1-5-12-18-24(28)29)25-23(27)20-21-14-8-7-9-15-21/h7-9,14-15,22,26H,1-6,10-13,16-20H2,(H,25,27)(H,28,29). The summed E-state index contributed by atoms with van der Waals surface area (Å²) >= 11 is 0. The summed E-state index contributed by atoms with van der Waals surface area (Å²) in [5.41, 5.74) is 1.03. The average Bonchev–Trinajstić information content (AvgIpc) is 2.70. The van der Waals surface area contributed by atoms with Gasteiger partial charge in [0.15, 0.2) is 0 Å². The molecule has 0 aliphatic rings. The Balaban J connectivity index is 2.31. The number of benzene rings is 1. The van der Waals surface area contributed by atoms with E-state index in [0.29, 0.717) is 6.42 Å². The summed E-state index contributed by atoms with van der Waals surface area (Å²) < 4.78 is 0. The van der Waals surface area contributed by atoms with Gasteiger partial charge >= 0.3 is 5.97 Å². The zero-order valence-corrected chi connectivity index (χ0v) is 17.8. The van der Waals surface area contributed by atoms with E-state index in [0.717, 1.165) is 82.6 Å². The minimum absolute atomic E-state index is 0.0861. The number of aliphatic hydroxyl groups excluding tert-OH is 1. The Hall–Kier alpha value is -1.88. The Morgan fingerprint density at radius 3 is 1.93 bits per heavy atom. The highest BCUT2D eigenvalue weighted by molar-refractivity contribution is 5.78. The molecule has 3 N–H and O–H groups in total. The number of amides is 1. The van der Waals surface area contributed by atoms with Gasteiger partial charge in [-0.3, -0.25) is 9.59 Å². The molecule has 1 atom stereocenters. The molecule has 1 aromatic rings. The summed E-state index contributed by atoms with van der Waals surface area (Å²) in [6.07, 6.45) is 12.9. The van der Waals surface area contributed by atoms with Gasteiger partial charge in [-0.2, -0.15) is 0 Å². The fourth-order valence-corrected chi connectivity index (χ4v) is 3.58. The third kappa shape index (κ3) is 14.7. The van der Waals surface area contributed by atoms with Gasteiger partial charge in [-0.05, 0) is 31.2 Å². The second-order valence-electron chi connectivity index (χ2n) is 7.91. The minimum Gasteiger partial charge on any atom is -0.481 e. The molecule has 1 unspecified atom stereocenters. The molecule has 29 heavy (non-hydrogen) atoms. The number of carbonyl (C=O) groups excluding carboxylic acids is 1. The summed E-state index contributed by atoms with van der Waals surface area (Å²) in [7, 11) is 0. The highest BCUT2D eigenvalue weighted by Crippen LogP contribution is 2.14. The molecule has 1 rings (SSSR count).